The Labute approximate surface area is 302 Å². The fourth-order valence-corrected chi connectivity index (χ4v) is 7.39. The van der Waals surface area contributed by atoms with Crippen molar-refractivity contribution in [2.45, 2.75) is 99.4 Å². The summed E-state index contributed by atoms with van der Waals surface area (Å²) in [5, 5.41) is 24.0. The highest BCUT2D eigenvalue weighted by molar-refractivity contribution is 5.96. The summed E-state index contributed by atoms with van der Waals surface area (Å²) in [5.74, 6) is -0.856. The van der Waals surface area contributed by atoms with Gasteiger partial charge in [-0.2, -0.15) is 0 Å². The summed E-state index contributed by atoms with van der Waals surface area (Å²) in [4.78, 5) is 31.6. The Morgan fingerprint density at radius 2 is 1.27 bits per heavy atom. The number of aromatic nitrogens is 4. The fourth-order valence-electron chi connectivity index (χ4n) is 7.39. The van der Waals surface area contributed by atoms with Crippen molar-refractivity contribution < 1.29 is 15.0 Å². The number of nitrogens with zero attached hydrogens (tertiary/aromatic N) is 3. The minimum Gasteiger partial charge on any atom is -0.481 e. The molecule has 8 bridgehead atoms. The van der Waals surface area contributed by atoms with E-state index in [2.05, 4.69) is 93.9 Å². The Morgan fingerprint density at radius 1 is 0.784 bits per heavy atom. The van der Waals surface area contributed by atoms with Gasteiger partial charge in [0.2, 0.25) is 0 Å². The van der Waals surface area contributed by atoms with Gasteiger partial charge < -0.3 is 20.2 Å². The molecular formula is C42H54N6O3. The van der Waals surface area contributed by atoms with Crippen molar-refractivity contribution in [3.63, 3.8) is 0 Å². The number of carbonyl (C=O) groups is 1. The van der Waals surface area contributed by atoms with Crippen molar-refractivity contribution in [2.75, 3.05) is 13.1 Å². The maximum Gasteiger partial charge on any atom is 0.303 e. The Bertz CT molecular complexity index is 2070. The zero-order valence-corrected chi connectivity index (χ0v) is 31.5. The summed E-state index contributed by atoms with van der Waals surface area (Å²) in [6.45, 7) is 26.8. The van der Waals surface area contributed by atoms with Gasteiger partial charge >= 0.3 is 5.97 Å². The van der Waals surface area contributed by atoms with E-state index in [-0.39, 0.29) is 6.42 Å². The molecule has 0 fully saturated rings. The molecule has 9 heteroatoms. The molecule has 1 unspecified atom stereocenters. The van der Waals surface area contributed by atoms with Crippen LogP contribution in [0.3, 0.4) is 0 Å². The number of aliphatic hydroxyl groups is 1. The highest BCUT2D eigenvalue weighted by atomic mass is 16.4. The zero-order valence-electron chi connectivity index (χ0n) is 31.5. The molecule has 5 N–H and O–H groups in total. The predicted octanol–water partition coefficient (Wildman–Crippen LogP) is 8.75. The third kappa shape index (κ3) is 8.01. The lowest BCUT2D eigenvalue weighted by molar-refractivity contribution is -0.136. The van der Waals surface area contributed by atoms with Crippen LogP contribution in [0.5, 0.6) is 0 Å². The van der Waals surface area contributed by atoms with E-state index in [0.29, 0.717) is 43.6 Å². The molecule has 0 amide bonds. The highest BCUT2D eigenvalue weighted by Gasteiger charge is 2.23. The molecule has 3 aromatic rings. The first kappa shape index (κ1) is 37.7. The summed E-state index contributed by atoms with van der Waals surface area (Å²) in [7, 11) is 0. The number of aromatic amines is 2. The van der Waals surface area contributed by atoms with Crippen molar-refractivity contribution in [2.24, 2.45) is 0 Å². The molecule has 2 aliphatic heterocycles. The van der Waals surface area contributed by atoms with Crippen molar-refractivity contribution in [3.8, 4) is 0 Å². The molecule has 0 aliphatic carbocycles. The van der Waals surface area contributed by atoms with E-state index in [1.807, 2.05) is 31.2 Å². The lowest BCUT2D eigenvalue weighted by atomic mass is 9.98. The van der Waals surface area contributed by atoms with Gasteiger partial charge in [0.1, 0.15) is 6.23 Å². The average molecular weight is 691 g/mol. The van der Waals surface area contributed by atoms with Crippen molar-refractivity contribution in [1.82, 2.24) is 30.2 Å². The van der Waals surface area contributed by atoms with E-state index >= 15 is 0 Å². The molecule has 3 aromatic heterocycles. The van der Waals surface area contributed by atoms with Gasteiger partial charge in [0.25, 0.3) is 0 Å². The first-order chi connectivity index (χ1) is 24.2. The van der Waals surface area contributed by atoms with Crippen LogP contribution in [0.4, 0.5) is 0 Å². The quantitative estimate of drug-likeness (QED) is 0.107. The third-order valence-corrected chi connectivity index (χ3v) is 10.4. The van der Waals surface area contributed by atoms with E-state index < -0.39 is 12.2 Å². The largest absolute Gasteiger partial charge is 0.481 e. The zero-order chi connectivity index (χ0) is 37.1. The number of carboxylic acids is 1. The first-order valence-electron chi connectivity index (χ1n) is 18.0. The van der Waals surface area contributed by atoms with Crippen molar-refractivity contribution in [3.05, 3.63) is 82.5 Å². The highest BCUT2D eigenvalue weighted by Crippen LogP contribution is 2.38. The van der Waals surface area contributed by atoms with Crippen LogP contribution in [0.2, 0.25) is 0 Å². The van der Waals surface area contributed by atoms with Crippen LogP contribution >= 0.6 is 0 Å². The molecule has 0 saturated carbocycles. The number of H-pyrrole nitrogens is 2. The van der Waals surface area contributed by atoms with Crippen molar-refractivity contribution in [1.29, 1.82) is 0 Å². The van der Waals surface area contributed by atoms with E-state index in [0.717, 1.165) is 90.2 Å². The van der Waals surface area contributed by atoms with Crippen LogP contribution < -0.4 is 5.32 Å². The number of fused-ring (bicyclic) bond motifs is 8. The Kier molecular flexibility index (Phi) is 11.6. The lowest BCUT2D eigenvalue weighted by Crippen LogP contribution is -2.43. The second kappa shape index (κ2) is 15.8. The van der Waals surface area contributed by atoms with Crippen molar-refractivity contribution >= 4 is 62.5 Å². The molecule has 0 saturated heterocycles. The van der Waals surface area contributed by atoms with E-state index in [9.17, 15) is 15.0 Å². The van der Waals surface area contributed by atoms with Crippen LogP contribution in [0, 0.1) is 13.8 Å². The second-order valence-corrected chi connectivity index (χ2v) is 14.3. The SMILES string of the molecule is C=Cc1c(C)c2cc3[nH]c(cc4nc(cc5nc(cc1[nH]2)C(C)=C5CCC(=O)O)C(CCC(O)NCCN(C(C)C)C(C)C)=C4C)c(C)c3C=C. The molecule has 5 heterocycles. The summed E-state index contributed by atoms with van der Waals surface area (Å²) in [6, 6.07) is 9.05. The number of carboxylic acid groups (broad SMARTS) is 1. The lowest BCUT2D eigenvalue weighted by Gasteiger charge is -2.30. The number of hydrogen-bond acceptors (Lipinski definition) is 6. The maximum atomic E-state index is 11.7. The van der Waals surface area contributed by atoms with Gasteiger partial charge in [-0.1, -0.05) is 25.3 Å². The van der Waals surface area contributed by atoms with Gasteiger partial charge in [-0.25, -0.2) is 9.97 Å². The van der Waals surface area contributed by atoms with E-state index in [4.69, 9.17) is 9.97 Å². The normalized spacial score (nSPS) is 14.0. The van der Waals surface area contributed by atoms with E-state index in [1.54, 1.807) is 0 Å². The molecule has 2 aliphatic rings. The standard InChI is InChI=1S/C42H54N6O3/c1-11-29-25(7)33-19-34-27(9)31(13-15-41(49)43-17-18-48(23(3)4)24(5)6)39(46-34)22-40-32(14-16-42(50)51)28(10)36(47-40)21-38-30(12-2)26(8)35(45-38)20-37(29)44-33/h11-12,19-24,41,43-45,49H,1-2,13-18H2,3-10H3,(H,50,51). The topological polar surface area (TPSA) is 130 Å². The maximum absolute atomic E-state index is 11.7. The number of aliphatic carboxylic acids is 1. The number of aliphatic hydroxyl groups excluding tert-OH is 1. The molecule has 51 heavy (non-hydrogen) atoms. The summed E-state index contributed by atoms with van der Waals surface area (Å²) >= 11 is 0. The van der Waals surface area contributed by atoms with Gasteiger partial charge in [-0.15, -0.1) is 0 Å². The number of nitrogens with one attached hydrogen (secondary N) is 3. The van der Waals surface area contributed by atoms with Gasteiger partial charge in [-0.05, 0) is 132 Å². The minimum absolute atomic E-state index is 0.00640. The smallest absolute Gasteiger partial charge is 0.303 e. The van der Waals surface area contributed by atoms with Gasteiger partial charge in [0.15, 0.2) is 0 Å². The van der Waals surface area contributed by atoms with Crippen LogP contribution in [0.1, 0.15) is 112 Å². The van der Waals surface area contributed by atoms with Crippen LogP contribution in [0.25, 0.3) is 56.5 Å². The molecule has 270 valence electrons. The van der Waals surface area contributed by atoms with E-state index in [1.165, 1.54) is 0 Å². The summed E-state index contributed by atoms with van der Waals surface area (Å²) < 4.78 is 0. The molecule has 5 rings (SSSR count). The average Bonchev–Trinajstić information content (AvgIpc) is 3.73. The number of rotatable bonds is 14. The Hall–Kier alpha value is -4.57. The summed E-state index contributed by atoms with van der Waals surface area (Å²) in [5.41, 5.74) is 14.8. The summed E-state index contributed by atoms with van der Waals surface area (Å²) in [6.07, 6.45) is 4.50. The molecule has 0 radical (unpaired) electrons. The van der Waals surface area contributed by atoms with Gasteiger partial charge in [-0.3, -0.25) is 15.0 Å². The minimum atomic E-state index is -0.856. The molecule has 1 atom stereocenters. The first-order valence-corrected chi connectivity index (χ1v) is 18.0. The van der Waals surface area contributed by atoms with Crippen LogP contribution in [0.15, 0.2) is 37.4 Å². The molecule has 9 nitrogen and oxygen atoms in total. The second-order valence-electron chi connectivity index (χ2n) is 14.3. The number of hydrogen-bond donors (Lipinski definition) is 5. The van der Waals surface area contributed by atoms with Crippen LogP contribution in [-0.4, -0.2) is 72.4 Å². The Morgan fingerprint density at radius 3 is 1.78 bits per heavy atom. The fraction of sp³-hybridized carbons (Fsp3) is 0.405. The molecule has 0 aromatic carbocycles. The van der Waals surface area contributed by atoms with Gasteiger partial charge in [0.05, 0.1) is 22.8 Å². The molecule has 0 spiro atoms. The third-order valence-electron chi connectivity index (χ3n) is 10.4. The van der Waals surface area contributed by atoms with Gasteiger partial charge in [0, 0.05) is 64.8 Å². The predicted molar refractivity (Wildman–Crippen MR) is 213 cm³/mol. The Balaban J connectivity index is 1.67. The number of allylic oxidation sites excluding steroid dienone is 4. The monoisotopic (exact) mass is 690 g/mol. The number of aryl methyl sites for hydroxylation is 2. The van der Waals surface area contributed by atoms with Crippen LogP contribution in [-0.2, 0) is 4.79 Å². The molecular weight excluding hydrogens is 637 g/mol.